The van der Waals surface area contributed by atoms with Gasteiger partial charge in [-0.15, -0.1) is 0 Å². The number of carboxylic acids is 1. The minimum Gasteiger partial charge on any atom is -0.479 e. The van der Waals surface area contributed by atoms with Crippen molar-refractivity contribution in [1.82, 2.24) is 10.5 Å². The Hall–Kier alpha value is -2.34. The summed E-state index contributed by atoms with van der Waals surface area (Å²) in [5.74, 6) is -1.63. The van der Waals surface area contributed by atoms with Crippen LogP contribution in [0.15, 0.2) is 30.5 Å². The number of aliphatic carboxylic acids is 1. The summed E-state index contributed by atoms with van der Waals surface area (Å²) in [4.78, 5) is 29.2. The Morgan fingerprint density at radius 1 is 1.35 bits per heavy atom. The number of fused-ring (bicyclic) bond motifs is 1. The van der Waals surface area contributed by atoms with Gasteiger partial charge in [0.2, 0.25) is 0 Å². The number of H-pyrrole nitrogens is 1. The van der Waals surface area contributed by atoms with Crippen LogP contribution in [0.1, 0.15) is 10.4 Å². The average molecular weight is 234 g/mol. The van der Waals surface area contributed by atoms with Crippen LogP contribution in [0, 0.1) is 0 Å². The van der Waals surface area contributed by atoms with E-state index in [1.54, 1.807) is 24.4 Å². The molecule has 1 aromatic heterocycles. The molecule has 0 spiro atoms. The predicted molar refractivity (Wildman–Crippen MR) is 59.4 cm³/mol. The van der Waals surface area contributed by atoms with Gasteiger partial charge in [-0.25, -0.2) is 10.3 Å². The Balaban J connectivity index is 2.05. The maximum absolute atomic E-state index is 11.5. The van der Waals surface area contributed by atoms with E-state index in [0.717, 1.165) is 10.9 Å². The molecular formula is C11H10N2O4. The van der Waals surface area contributed by atoms with Crippen LogP contribution in [-0.4, -0.2) is 28.6 Å². The third-order valence-electron chi connectivity index (χ3n) is 2.18. The van der Waals surface area contributed by atoms with Crippen molar-refractivity contribution in [1.29, 1.82) is 0 Å². The fraction of sp³-hybridized carbons (Fsp3) is 0.0909. The third kappa shape index (κ3) is 2.61. The number of hydrogen-bond donors (Lipinski definition) is 3. The van der Waals surface area contributed by atoms with Gasteiger partial charge in [-0.3, -0.25) is 9.63 Å². The van der Waals surface area contributed by atoms with Crippen LogP contribution < -0.4 is 5.48 Å². The van der Waals surface area contributed by atoms with Gasteiger partial charge in [0.1, 0.15) is 0 Å². The Kier molecular flexibility index (Phi) is 3.06. The van der Waals surface area contributed by atoms with Gasteiger partial charge in [0.15, 0.2) is 6.61 Å². The monoisotopic (exact) mass is 234 g/mol. The summed E-state index contributed by atoms with van der Waals surface area (Å²) in [6.07, 6.45) is 1.77. The van der Waals surface area contributed by atoms with Crippen LogP contribution in [0.2, 0.25) is 0 Å². The zero-order valence-electron chi connectivity index (χ0n) is 8.77. The summed E-state index contributed by atoms with van der Waals surface area (Å²) in [5.41, 5.74) is 3.28. The van der Waals surface area contributed by atoms with Gasteiger partial charge in [0, 0.05) is 17.3 Å². The number of carboxylic acid groups (broad SMARTS) is 1. The molecule has 2 aromatic rings. The lowest BCUT2D eigenvalue weighted by molar-refractivity contribution is -0.144. The molecule has 3 N–H and O–H groups in total. The van der Waals surface area contributed by atoms with E-state index < -0.39 is 18.5 Å². The van der Waals surface area contributed by atoms with Crippen LogP contribution in [0.4, 0.5) is 0 Å². The first-order chi connectivity index (χ1) is 8.16. The zero-order valence-corrected chi connectivity index (χ0v) is 8.77. The summed E-state index contributed by atoms with van der Waals surface area (Å²) in [7, 11) is 0. The minimum atomic E-state index is -1.15. The summed E-state index contributed by atoms with van der Waals surface area (Å²) in [5, 5.41) is 9.32. The van der Waals surface area contributed by atoms with Crippen molar-refractivity contribution in [3.8, 4) is 0 Å². The molecule has 1 amide bonds. The number of hydroxylamine groups is 1. The Bertz CT molecular complexity index is 561. The molecule has 0 aliphatic rings. The topological polar surface area (TPSA) is 91.4 Å². The molecule has 6 heteroatoms. The molecule has 0 aliphatic heterocycles. The summed E-state index contributed by atoms with van der Waals surface area (Å²) < 4.78 is 0. The molecule has 0 atom stereocenters. The molecule has 0 saturated carbocycles. The van der Waals surface area contributed by atoms with Gasteiger partial charge < -0.3 is 10.1 Å². The van der Waals surface area contributed by atoms with Crippen LogP contribution in [0.5, 0.6) is 0 Å². The fourth-order valence-corrected chi connectivity index (χ4v) is 1.41. The van der Waals surface area contributed by atoms with Gasteiger partial charge in [0.05, 0.1) is 0 Å². The zero-order chi connectivity index (χ0) is 12.3. The fourth-order valence-electron chi connectivity index (χ4n) is 1.41. The standard InChI is InChI=1S/C11H10N2O4/c14-10(15)6-17-13-11(16)8-2-1-7-3-4-12-9(7)5-8/h1-5,12H,6H2,(H,13,16)(H,14,15). The lowest BCUT2D eigenvalue weighted by atomic mass is 10.1. The van der Waals surface area contributed by atoms with E-state index >= 15 is 0 Å². The first-order valence-corrected chi connectivity index (χ1v) is 4.88. The number of carbonyl (C=O) groups excluding carboxylic acids is 1. The van der Waals surface area contributed by atoms with Crippen LogP contribution in [0.25, 0.3) is 10.9 Å². The van der Waals surface area contributed by atoms with Crippen molar-refractivity contribution in [3.63, 3.8) is 0 Å². The van der Waals surface area contributed by atoms with Gasteiger partial charge in [0.25, 0.3) is 5.91 Å². The second kappa shape index (κ2) is 4.67. The number of hydrogen-bond acceptors (Lipinski definition) is 3. The van der Waals surface area contributed by atoms with E-state index in [0.29, 0.717) is 5.56 Å². The van der Waals surface area contributed by atoms with Crippen molar-refractivity contribution in [3.05, 3.63) is 36.0 Å². The van der Waals surface area contributed by atoms with E-state index in [2.05, 4.69) is 15.3 Å². The highest BCUT2D eigenvalue weighted by atomic mass is 16.7. The van der Waals surface area contributed by atoms with Crippen molar-refractivity contribution >= 4 is 22.8 Å². The molecule has 17 heavy (non-hydrogen) atoms. The van der Waals surface area contributed by atoms with E-state index in [4.69, 9.17) is 5.11 Å². The predicted octanol–water partition coefficient (Wildman–Crippen LogP) is 0.914. The minimum absolute atomic E-state index is 0.394. The maximum Gasteiger partial charge on any atom is 0.332 e. The van der Waals surface area contributed by atoms with Crippen molar-refractivity contribution in [2.24, 2.45) is 0 Å². The van der Waals surface area contributed by atoms with Crippen LogP contribution >= 0.6 is 0 Å². The Morgan fingerprint density at radius 2 is 2.18 bits per heavy atom. The van der Waals surface area contributed by atoms with Crippen LogP contribution in [-0.2, 0) is 9.63 Å². The van der Waals surface area contributed by atoms with E-state index in [1.807, 2.05) is 6.07 Å². The van der Waals surface area contributed by atoms with Crippen molar-refractivity contribution in [2.45, 2.75) is 0 Å². The van der Waals surface area contributed by atoms with E-state index in [-0.39, 0.29) is 0 Å². The lowest BCUT2D eigenvalue weighted by Gasteiger charge is -2.03. The molecule has 0 bridgehead atoms. The summed E-state index contributed by atoms with van der Waals surface area (Å²) in [6.45, 7) is -0.573. The SMILES string of the molecule is O=C(O)CONC(=O)c1ccc2cc[nH]c2c1. The quantitative estimate of drug-likeness (QED) is 0.686. The largest absolute Gasteiger partial charge is 0.479 e. The number of aromatic amines is 1. The molecule has 6 nitrogen and oxygen atoms in total. The van der Waals surface area contributed by atoms with Gasteiger partial charge in [-0.1, -0.05) is 6.07 Å². The lowest BCUT2D eigenvalue weighted by Crippen LogP contribution is -2.26. The maximum atomic E-state index is 11.5. The molecule has 0 aliphatic carbocycles. The summed E-state index contributed by atoms with van der Waals surface area (Å²) in [6, 6.07) is 6.97. The first-order valence-electron chi connectivity index (χ1n) is 4.88. The number of benzene rings is 1. The number of nitrogens with one attached hydrogen (secondary N) is 2. The number of amides is 1. The van der Waals surface area contributed by atoms with E-state index in [1.165, 1.54) is 0 Å². The van der Waals surface area contributed by atoms with Crippen molar-refractivity contribution in [2.75, 3.05) is 6.61 Å². The molecule has 1 aromatic carbocycles. The normalized spacial score (nSPS) is 10.4. The van der Waals surface area contributed by atoms with Crippen molar-refractivity contribution < 1.29 is 19.5 Å². The molecule has 2 rings (SSSR count). The number of carbonyl (C=O) groups is 2. The van der Waals surface area contributed by atoms with Gasteiger partial charge in [-0.05, 0) is 23.6 Å². The van der Waals surface area contributed by atoms with Gasteiger partial charge in [-0.2, -0.15) is 0 Å². The molecular weight excluding hydrogens is 224 g/mol. The highest BCUT2D eigenvalue weighted by Gasteiger charge is 2.07. The molecule has 0 saturated heterocycles. The number of rotatable bonds is 4. The summed E-state index contributed by atoms with van der Waals surface area (Å²) >= 11 is 0. The molecule has 0 fully saturated rings. The molecule has 0 unspecified atom stereocenters. The Morgan fingerprint density at radius 3 is 2.94 bits per heavy atom. The molecule has 0 radical (unpaired) electrons. The average Bonchev–Trinajstić information content (AvgIpc) is 2.75. The first kappa shape index (κ1) is 11.2. The highest BCUT2D eigenvalue weighted by molar-refractivity contribution is 5.97. The van der Waals surface area contributed by atoms with Crippen LogP contribution in [0.3, 0.4) is 0 Å². The number of aromatic nitrogens is 1. The second-order valence-corrected chi connectivity index (χ2v) is 3.39. The Labute approximate surface area is 96.2 Å². The molecule has 88 valence electrons. The highest BCUT2D eigenvalue weighted by Crippen LogP contribution is 2.13. The smallest absolute Gasteiger partial charge is 0.332 e. The third-order valence-corrected chi connectivity index (χ3v) is 2.18. The van der Waals surface area contributed by atoms with E-state index in [9.17, 15) is 9.59 Å². The second-order valence-electron chi connectivity index (χ2n) is 3.39. The van der Waals surface area contributed by atoms with Gasteiger partial charge >= 0.3 is 5.97 Å². The molecule has 1 heterocycles.